The van der Waals surface area contributed by atoms with Crippen LogP contribution in [0.5, 0.6) is 0 Å². The maximum absolute atomic E-state index is 12.4. The van der Waals surface area contributed by atoms with Crippen LogP contribution in [-0.4, -0.2) is 20.4 Å². The summed E-state index contributed by atoms with van der Waals surface area (Å²) in [6.45, 7) is 4.09. The summed E-state index contributed by atoms with van der Waals surface area (Å²) in [4.78, 5) is 4.38. The summed E-state index contributed by atoms with van der Waals surface area (Å²) in [6, 6.07) is 1.10. The highest BCUT2D eigenvalue weighted by Gasteiger charge is 2.25. The molecular weight excluding hydrogens is 378 g/mol. The first kappa shape index (κ1) is 16.6. The fraction of sp³-hybridized carbons (Fsp3) is 0.417. The number of hydrogen-bond donors (Lipinski definition) is 2. The van der Waals surface area contributed by atoms with Gasteiger partial charge < -0.3 is 9.73 Å². The van der Waals surface area contributed by atoms with E-state index in [0.29, 0.717) is 12.3 Å². The van der Waals surface area contributed by atoms with Crippen LogP contribution < -0.4 is 10.0 Å². The van der Waals surface area contributed by atoms with Crippen molar-refractivity contribution in [1.29, 1.82) is 0 Å². The van der Waals surface area contributed by atoms with Gasteiger partial charge in [-0.05, 0) is 36.8 Å². The molecule has 1 atom stereocenters. The Morgan fingerprint density at radius 1 is 1.52 bits per heavy atom. The first-order valence-corrected chi connectivity index (χ1v) is 9.36. The van der Waals surface area contributed by atoms with E-state index in [9.17, 15) is 8.42 Å². The Hall–Kier alpha value is -0.740. The fourth-order valence-electron chi connectivity index (χ4n) is 1.76. The van der Waals surface area contributed by atoms with Gasteiger partial charge in [0.25, 0.3) is 0 Å². The number of rotatable bonds is 6. The van der Waals surface area contributed by atoms with Crippen LogP contribution in [0.3, 0.4) is 0 Å². The molecular formula is C12H16BrN3O3S2. The van der Waals surface area contributed by atoms with E-state index in [1.165, 1.54) is 17.4 Å². The molecule has 0 saturated carbocycles. The van der Waals surface area contributed by atoms with E-state index in [4.69, 9.17) is 4.42 Å². The Morgan fingerprint density at radius 2 is 2.24 bits per heavy atom. The van der Waals surface area contributed by atoms with Crippen molar-refractivity contribution in [2.24, 2.45) is 0 Å². The van der Waals surface area contributed by atoms with Crippen molar-refractivity contribution in [2.75, 3.05) is 7.05 Å². The molecule has 116 valence electrons. The van der Waals surface area contributed by atoms with Crippen LogP contribution in [0.1, 0.15) is 29.4 Å². The smallest absolute Gasteiger partial charge is 0.245 e. The monoisotopic (exact) mass is 393 g/mol. The van der Waals surface area contributed by atoms with Crippen molar-refractivity contribution >= 4 is 37.3 Å². The van der Waals surface area contributed by atoms with Gasteiger partial charge >= 0.3 is 0 Å². The molecule has 6 nitrogen and oxygen atoms in total. The second-order valence-electron chi connectivity index (χ2n) is 4.55. The number of aryl methyl sites for hydroxylation is 1. The van der Waals surface area contributed by atoms with Gasteiger partial charge in [-0.3, -0.25) is 0 Å². The topological polar surface area (TPSA) is 84.2 Å². The average molecular weight is 394 g/mol. The number of thiazole rings is 1. The normalized spacial score (nSPS) is 13.5. The van der Waals surface area contributed by atoms with Crippen LogP contribution in [0.15, 0.2) is 25.4 Å². The molecule has 0 aromatic carbocycles. The molecule has 1 unspecified atom stereocenters. The van der Waals surface area contributed by atoms with Gasteiger partial charge in [-0.1, -0.05) is 0 Å². The zero-order chi connectivity index (χ0) is 15.6. The number of halogens is 1. The van der Waals surface area contributed by atoms with Crippen molar-refractivity contribution < 1.29 is 12.8 Å². The quantitative estimate of drug-likeness (QED) is 0.787. The van der Waals surface area contributed by atoms with Crippen LogP contribution in [-0.2, 0) is 16.6 Å². The van der Waals surface area contributed by atoms with Gasteiger partial charge in [0, 0.05) is 17.1 Å². The first-order chi connectivity index (χ1) is 9.83. The van der Waals surface area contributed by atoms with Gasteiger partial charge in [-0.25, -0.2) is 18.1 Å². The minimum absolute atomic E-state index is 0.0906. The second-order valence-corrected chi connectivity index (χ2v) is 7.84. The molecule has 0 bridgehead atoms. The van der Waals surface area contributed by atoms with E-state index in [1.54, 1.807) is 14.0 Å². The van der Waals surface area contributed by atoms with Crippen LogP contribution in [0.2, 0.25) is 0 Å². The molecule has 0 radical (unpaired) electrons. The lowest BCUT2D eigenvalue weighted by Crippen LogP contribution is -2.26. The summed E-state index contributed by atoms with van der Waals surface area (Å²) in [5.74, 6) is 0.544. The van der Waals surface area contributed by atoms with E-state index in [-0.39, 0.29) is 9.56 Å². The van der Waals surface area contributed by atoms with Crippen molar-refractivity contribution in [3.8, 4) is 0 Å². The molecule has 2 heterocycles. The molecule has 21 heavy (non-hydrogen) atoms. The molecule has 2 N–H and O–H groups in total. The molecule has 0 aliphatic carbocycles. The third-order valence-electron chi connectivity index (χ3n) is 2.69. The van der Waals surface area contributed by atoms with Crippen LogP contribution >= 0.6 is 27.3 Å². The molecule has 2 rings (SSSR count). The standard InChI is InChI=1S/C12H16BrN3O3S2/c1-7-6-20-12(15-7)8(2)16-21(17,18)10-4-9(5-14-3)19-11(10)13/h4,6,8,14,16H,5H2,1-3H3. The predicted molar refractivity (Wildman–Crippen MR) is 84.8 cm³/mol. The number of hydrogen-bond acceptors (Lipinski definition) is 6. The zero-order valence-corrected chi connectivity index (χ0v) is 15.0. The Morgan fingerprint density at radius 3 is 2.81 bits per heavy atom. The number of aromatic nitrogens is 1. The predicted octanol–water partition coefficient (Wildman–Crippen LogP) is 2.57. The summed E-state index contributed by atoms with van der Waals surface area (Å²) in [6.07, 6.45) is 0. The van der Waals surface area contributed by atoms with E-state index in [2.05, 4.69) is 31.0 Å². The van der Waals surface area contributed by atoms with Crippen molar-refractivity contribution in [1.82, 2.24) is 15.0 Å². The lowest BCUT2D eigenvalue weighted by molar-refractivity contribution is 0.469. The van der Waals surface area contributed by atoms with Crippen molar-refractivity contribution in [3.05, 3.63) is 32.6 Å². The summed E-state index contributed by atoms with van der Waals surface area (Å²) >= 11 is 4.57. The number of furan rings is 1. The van der Waals surface area contributed by atoms with Gasteiger partial charge in [-0.2, -0.15) is 0 Å². The van der Waals surface area contributed by atoms with Crippen molar-refractivity contribution in [2.45, 2.75) is 31.3 Å². The minimum Gasteiger partial charge on any atom is -0.452 e. The third kappa shape index (κ3) is 3.92. The molecule has 0 aliphatic heterocycles. The maximum atomic E-state index is 12.4. The highest BCUT2D eigenvalue weighted by Crippen LogP contribution is 2.28. The second kappa shape index (κ2) is 6.57. The Labute approximate surface area is 136 Å². The molecule has 2 aromatic heterocycles. The van der Waals surface area contributed by atoms with E-state index in [1.807, 2.05) is 12.3 Å². The lowest BCUT2D eigenvalue weighted by atomic mass is 10.4. The van der Waals surface area contributed by atoms with Crippen LogP contribution in [0.25, 0.3) is 0 Å². The Balaban J connectivity index is 2.22. The highest BCUT2D eigenvalue weighted by atomic mass is 79.9. The molecule has 2 aromatic rings. The maximum Gasteiger partial charge on any atom is 0.245 e. The molecule has 0 saturated heterocycles. The van der Waals surface area contributed by atoms with Crippen LogP contribution in [0, 0.1) is 6.92 Å². The van der Waals surface area contributed by atoms with Gasteiger partial charge in [0.1, 0.15) is 15.7 Å². The third-order valence-corrected chi connectivity index (χ3v) is 6.23. The summed E-state index contributed by atoms with van der Waals surface area (Å²) in [7, 11) is -1.92. The van der Waals surface area contributed by atoms with E-state index in [0.717, 1.165) is 10.7 Å². The van der Waals surface area contributed by atoms with Gasteiger partial charge in [0.2, 0.25) is 10.0 Å². The molecule has 9 heteroatoms. The van der Waals surface area contributed by atoms with Gasteiger partial charge in [0.05, 0.1) is 12.6 Å². The minimum atomic E-state index is -3.68. The van der Waals surface area contributed by atoms with E-state index < -0.39 is 16.1 Å². The zero-order valence-electron chi connectivity index (χ0n) is 11.8. The number of sulfonamides is 1. The summed E-state index contributed by atoms with van der Waals surface area (Å²) in [5, 5.41) is 5.52. The number of nitrogens with one attached hydrogen (secondary N) is 2. The molecule has 0 fully saturated rings. The summed E-state index contributed by atoms with van der Waals surface area (Å²) in [5.41, 5.74) is 0.877. The lowest BCUT2D eigenvalue weighted by Gasteiger charge is -2.10. The largest absolute Gasteiger partial charge is 0.452 e. The molecule has 0 aliphatic rings. The van der Waals surface area contributed by atoms with E-state index >= 15 is 0 Å². The molecule has 0 amide bonds. The molecule has 0 spiro atoms. The van der Waals surface area contributed by atoms with Crippen molar-refractivity contribution in [3.63, 3.8) is 0 Å². The van der Waals surface area contributed by atoms with Gasteiger partial charge in [-0.15, -0.1) is 11.3 Å². The van der Waals surface area contributed by atoms with Crippen LogP contribution in [0.4, 0.5) is 0 Å². The Bertz CT molecular complexity index is 724. The summed E-state index contributed by atoms with van der Waals surface area (Å²) < 4.78 is 33.0. The number of nitrogens with zero attached hydrogens (tertiary/aromatic N) is 1. The Kier molecular flexibility index (Phi) is 5.20. The SMILES string of the molecule is CNCc1cc(S(=O)(=O)NC(C)c2nc(C)cs2)c(Br)o1. The fourth-order valence-corrected chi connectivity index (χ4v) is 4.84. The average Bonchev–Trinajstić information content (AvgIpc) is 2.96. The first-order valence-electron chi connectivity index (χ1n) is 6.20. The highest BCUT2D eigenvalue weighted by molar-refractivity contribution is 9.10. The van der Waals surface area contributed by atoms with Gasteiger partial charge in [0.15, 0.2) is 4.67 Å².